The van der Waals surface area contributed by atoms with Gasteiger partial charge < -0.3 is 0 Å². The molecule has 1 nitrogen and oxygen atoms in total. The third-order valence-corrected chi connectivity index (χ3v) is 4.10. The molecule has 2 aromatic carbocycles. The third kappa shape index (κ3) is 5.79. The number of hydrogen-bond acceptors (Lipinski definition) is 3. The van der Waals surface area contributed by atoms with Crippen LogP contribution in [0.25, 0.3) is 0 Å². The molecule has 0 aliphatic heterocycles. The fraction of sp³-hybridized carbons (Fsp3) is 0.133. The molecule has 0 aromatic heterocycles. The van der Waals surface area contributed by atoms with Gasteiger partial charge in [-0.05, 0) is 47.8 Å². The minimum Gasteiger partial charge on any atom is -0.289 e. The van der Waals surface area contributed by atoms with Gasteiger partial charge in [0.15, 0.2) is 5.78 Å². The molecule has 2 rings (SSSR count). The van der Waals surface area contributed by atoms with Crippen molar-refractivity contribution in [1.29, 1.82) is 0 Å². The highest BCUT2D eigenvalue weighted by molar-refractivity contribution is 8.00. The highest BCUT2D eigenvalue weighted by Gasteiger charge is 2.30. The molecule has 24 heavy (non-hydrogen) atoms. The number of ketones is 1. The van der Waals surface area contributed by atoms with Crippen LogP contribution in [0, 0.1) is 0 Å². The van der Waals surface area contributed by atoms with Crippen molar-refractivity contribution in [3.63, 3.8) is 0 Å². The second kappa shape index (κ2) is 7.10. The van der Waals surface area contributed by atoms with Gasteiger partial charge in [-0.1, -0.05) is 24.3 Å². The van der Waals surface area contributed by atoms with Crippen molar-refractivity contribution in [3.05, 3.63) is 59.7 Å². The van der Waals surface area contributed by atoms with Gasteiger partial charge in [0.05, 0.1) is 0 Å². The molecule has 0 aliphatic carbocycles. The second-order valence-electron chi connectivity index (χ2n) is 4.48. The Labute approximate surface area is 141 Å². The van der Waals surface area contributed by atoms with Gasteiger partial charge in [-0.15, -0.1) is 0 Å². The summed E-state index contributed by atoms with van der Waals surface area (Å²) in [5, 5.41) is 0. The monoisotopic (exact) mass is 382 g/mol. The zero-order chi connectivity index (χ0) is 18.0. The molecule has 0 spiro atoms. The highest BCUT2D eigenvalue weighted by Crippen LogP contribution is 2.38. The van der Waals surface area contributed by atoms with Gasteiger partial charge >= 0.3 is 11.0 Å². The summed E-state index contributed by atoms with van der Waals surface area (Å²) in [6.07, 6.45) is 0. The van der Waals surface area contributed by atoms with E-state index in [4.69, 9.17) is 0 Å². The first-order valence-electron chi connectivity index (χ1n) is 6.30. The number of alkyl halides is 6. The summed E-state index contributed by atoms with van der Waals surface area (Å²) in [7, 11) is 0. The van der Waals surface area contributed by atoms with E-state index in [0.29, 0.717) is 0 Å². The Balaban J connectivity index is 2.26. The van der Waals surface area contributed by atoms with E-state index in [0.717, 1.165) is 12.1 Å². The summed E-state index contributed by atoms with van der Waals surface area (Å²) < 4.78 is 74.3. The maximum absolute atomic E-state index is 12.4. The van der Waals surface area contributed by atoms with Gasteiger partial charge in [0.25, 0.3) is 0 Å². The van der Waals surface area contributed by atoms with Gasteiger partial charge in [-0.25, -0.2) is 0 Å². The lowest BCUT2D eigenvalue weighted by Gasteiger charge is -2.09. The molecule has 0 N–H and O–H groups in total. The van der Waals surface area contributed by atoms with E-state index in [-0.39, 0.29) is 44.4 Å². The lowest BCUT2D eigenvalue weighted by Crippen LogP contribution is -2.04. The van der Waals surface area contributed by atoms with Crippen molar-refractivity contribution in [2.75, 3.05) is 0 Å². The quantitative estimate of drug-likeness (QED) is 0.359. The lowest BCUT2D eigenvalue weighted by atomic mass is 10.0. The number of rotatable bonds is 4. The smallest absolute Gasteiger partial charge is 0.289 e. The number of halogens is 6. The molecule has 0 amide bonds. The van der Waals surface area contributed by atoms with Gasteiger partial charge in [-0.2, -0.15) is 26.3 Å². The number of thioether (sulfide) groups is 2. The number of benzene rings is 2. The second-order valence-corrected chi connectivity index (χ2v) is 6.76. The van der Waals surface area contributed by atoms with Crippen molar-refractivity contribution in [2.24, 2.45) is 0 Å². The Kier molecular flexibility index (Phi) is 5.54. The number of carbonyl (C=O) groups excluding carboxylic acids is 1. The van der Waals surface area contributed by atoms with Gasteiger partial charge in [0.1, 0.15) is 0 Å². The molecule has 0 atom stereocenters. The van der Waals surface area contributed by atoms with E-state index in [1.165, 1.54) is 36.4 Å². The average molecular weight is 382 g/mol. The summed E-state index contributed by atoms with van der Waals surface area (Å²) in [5.41, 5.74) is -9.05. The maximum Gasteiger partial charge on any atom is 0.446 e. The predicted molar refractivity (Wildman–Crippen MR) is 80.1 cm³/mol. The molecule has 0 bridgehead atoms. The van der Waals surface area contributed by atoms with Gasteiger partial charge in [-0.3, -0.25) is 4.79 Å². The molecule has 0 saturated heterocycles. The lowest BCUT2D eigenvalue weighted by molar-refractivity contribution is -0.0337. The molecule has 0 saturated carbocycles. The molecule has 9 heteroatoms. The number of hydrogen-bond donors (Lipinski definition) is 0. The fourth-order valence-electron chi connectivity index (χ4n) is 1.84. The molecule has 0 fully saturated rings. The van der Waals surface area contributed by atoms with Crippen molar-refractivity contribution in [1.82, 2.24) is 0 Å². The Morgan fingerprint density at radius 2 is 1.08 bits per heavy atom. The van der Waals surface area contributed by atoms with Crippen molar-refractivity contribution in [3.8, 4) is 0 Å². The van der Waals surface area contributed by atoms with E-state index < -0.39 is 16.8 Å². The summed E-state index contributed by atoms with van der Waals surface area (Å²) in [5.74, 6) is -0.649. The summed E-state index contributed by atoms with van der Waals surface area (Å²) >= 11 is -0.733. The van der Waals surface area contributed by atoms with E-state index in [9.17, 15) is 31.1 Å². The first-order valence-corrected chi connectivity index (χ1v) is 7.93. The molecule has 0 unspecified atom stereocenters. The van der Waals surface area contributed by atoms with E-state index in [1.54, 1.807) is 0 Å². The van der Waals surface area contributed by atoms with Crippen LogP contribution in [0.3, 0.4) is 0 Å². The molecular weight excluding hydrogens is 374 g/mol. The van der Waals surface area contributed by atoms with Crippen molar-refractivity contribution in [2.45, 2.75) is 20.8 Å². The van der Waals surface area contributed by atoms with Crippen molar-refractivity contribution < 1.29 is 31.1 Å². The molecular formula is C15H8F6OS2. The fourth-order valence-corrected chi connectivity index (χ4v) is 3.04. The zero-order valence-corrected chi connectivity index (χ0v) is 13.2. The zero-order valence-electron chi connectivity index (χ0n) is 11.6. The van der Waals surface area contributed by atoms with Crippen LogP contribution in [0.1, 0.15) is 15.9 Å². The molecule has 128 valence electrons. The third-order valence-electron chi connectivity index (χ3n) is 2.66. The Morgan fingerprint density at radius 1 is 0.708 bits per heavy atom. The van der Waals surface area contributed by atoms with Crippen LogP contribution >= 0.6 is 23.5 Å². The first kappa shape index (κ1) is 18.7. The predicted octanol–water partition coefficient (Wildman–Crippen LogP) is 6.14. The van der Waals surface area contributed by atoms with E-state index in [2.05, 4.69) is 0 Å². The summed E-state index contributed by atoms with van der Waals surface area (Å²) in [6.45, 7) is 0. The van der Waals surface area contributed by atoms with Gasteiger partial charge in [0.2, 0.25) is 0 Å². The van der Waals surface area contributed by atoms with Crippen LogP contribution in [0.5, 0.6) is 0 Å². The average Bonchev–Trinajstić information content (AvgIpc) is 2.43. The molecule has 0 radical (unpaired) electrons. The Bertz CT molecular complexity index is 678. The molecule has 0 aliphatic rings. The Hall–Kier alpha value is -1.61. The minimum absolute atomic E-state index is 0.0293. The maximum atomic E-state index is 12.4. The summed E-state index contributed by atoms with van der Waals surface area (Å²) in [6, 6.07) is 9.72. The normalized spacial score (nSPS) is 12.2. The standard InChI is InChI=1S/C15H8F6OS2/c16-14(17,18)23-11-5-1-3-9(7-11)13(22)10-4-2-6-12(8-10)24-15(19,20)21/h1-8H. The van der Waals surface area contributed by atoms with Crippen LogP contribution < -0.4 is 0 Å². The van der Waals surface area contributed by atoms with Gasteiger partial charge in [0, 0.05) is 20.9 Å². The van der Waals surface area contributed by atoms with E-state index >= 15 is 0 Å². The largest absolute Gasteiger partial charge is 0.446 e. The summed E-state index contributed by atoms with van der Waals surface area (Å²) in [4.78, 5) is 12.0. The van der Waals surface area contributed by atoms with Crippen LogP contribution in [0.15, 0.2) is 58.3 Å². The van der Waals surface area contributed by atoms with Crippen molar-refractivity contribution >= 4 is 29.3 Å². The molecule has 2 aromatic rings. The molecule has 0 heterocycles. The number of carbonyl (C=O) groups is 1. The SMILES string of the molecule is O=C(c1cccc(SC(F)(F)F)c1)c1cccc(SC(F)(F)F)c1. The first-order chi connectivity index (χ1) is 11.0. The van der Waals surface area contributed by atoms with E-state index in [1.807, 2.05) is 0 Å². The van der Waals surface area contributed by atoms with Crippen LogP contribution in [-0.4, -0.2) is 16.8 Å². The highest BCUT2D eigenvalue weighted by atomic mass is 32.2. The van der Waals surface area contributed by atoms with Crippen LogP contribution in [0.4, 0.5) is 26.3 Å². The minimum atomic E-state index is -4.50. The topological polar surface area (TPSA) is 17.1 Å². The van der Waals surface area contributed by atoms with Crippen LogP contribution in [0.2, 0.25) is 0 Å². The van der Waals surface area contributed by atoms with Crippen LogP contribution in [-0.2, 0) is 0 Å². The Morgan fingerprint density at radius 3 is 1.42 bits per heavy atom.